The molecule has 0 aliphatic carbocycles. The molecule has 0 spiro atoms. The van der Waals surface area contributed by atoms with Crippen LogP contribution in [0.5, 0.6) is 5.88 Å². The van der Waals surface area contributed by atoms with Crippen LogP contribution in [-0.2, 0) is 7.05 Å². The number of rotatable bonds is 9. The summed E-state index contributed by atoms with van der Waals surface area (Å²) in [5.41, 5.74) is 4.43. The number of aldehydes is 1. The lowest BCUT2D eigenvalue weighted by molar-refractivity contribution is 0.111. The molecule has 0 saturated carbocycles. The number of piperazine rings is 1. The Morgan fingerprint density at radius 2 is 1.97 bits per heavy atom. The van der Waals surface area contributed by atoms with Crippen molar-refractivity contribution in [3.05, 3.63) is 47.2 Å². The molecule has 0 atom stereocenters. The maximum atomic E-state index is 10.8. The third kappa shape index (κ3) is 5.48. The summed E-state index contributed by atoms with van der Waals surface area (Å²) in [6, 6.07) is 8.26. The predicted octanol–water partition coefficient (Wildman–Crippen LogP) is 3.56. The fourth-order valence-electron chi connectivity index (χ4n) is 3.81. The second-order valence-corrected chi connectivity index (χ2v) is 7.54. The van der Waals surface area contributed by atoms with Crippen LogP contribution in [0.1, 0.15) is 41.4 Å². The zero-order chi connectivity index (χ0) is 20.6. The molecular weight excluding hydrogens is 364 g/mol. The number of unbranched alkanes of at least 4 members (excludes halogenated alkanes) is 1. The van der Waals surface area contributed by atoms with Gasteiger partial charge in [0.05, 0.1) is 6.61 Å². The first kappa shape index (κ1) is 21.1. The van der Waals surface area contributed by atoms with Gasteiger partial charge in [-0.3, -0.25) is 9.69 Å². The van der Waals surface area contributed by atoms with E-state index in [9.17, 15) is 4.79 Å². The average molecular weight is 397 g/mol. The van der Waals surface area contributed by atoms with E-state index in [0.29, 0.717) is 18.2 Å². The number of aryl methyl sites for hydroxylation is 2. The number of carbonyl (C=O) groups excluding carboxylic acids is 1. The van der Waals surface area contributed by atoms with Gasteiger partial charge >= 0.3 is 0 Å². The largest absolute Gasteiger partial charge is 0.478 e. The van der Waals surface area contributed by atoms with Crippen LogP contribution in [0, 0.1) is 6.92 Å². The van der Waals surface area contributed by atoms with E-state index in [4.69, 9.17) is 4.74 Å². The Bertz CT molecular complexity index is 835. The van der Waals surface area contributed by atoms with Crippen LogP contribution >= 0.6 is 0 Å². The first-order valence-electron chi connectivity index (χ1n) is 10.4. The quantitative estimate of drug-likeness (QED) is 0.479. The third-order valence-corrected chi connectivity index (χ3v) is 5.44. The predicted molar refractivity (Wildman–Crippen MR) is 118 cm³/mol. The van der Waals surface area contributed by atoms with E-state index >= 15 is 0 Å². The molecule has 0 radical (unpaired) electrons. The highest BCUT2D eigenvalue weighted by Crippen LogP contribution is 2.26. The molecule has 3 rings (SSSR count). The van der Waals surface area contributed by atoms with Crippen molar-refractivity contribution in [2.75, 3.05) is 44.2 Å². The maximum absolute atomic E-state index is 10.8. The molecule has 6 nitrogen and oxygen atoms in total. The number of benzene rings is 1. The molecule has 0 bridgehead atoms. The first-order valence-corrected chi connectivity index (χ1v) is 10.4. The van der Waals surface area contributed by atoms with Crippen molar-refractivity contribution < 1.29 is 9.53 Å². The van der Waals surface area contributed by atoms with Gasteiger partial charge in [-0.15, -0.1) is 0 Å². The van der Waals surface area contributed by atoms with E-state index in [2.05, 4.69) is 59.1 Å². The van der Waals surface area contributed by atoms with Gasteiger partial charge in [0.25, 0.3) is 0 Å². The summed E-state index contributed by atoms with van der Waals surface area (Å²) in [5.74, 6) is 0.649. The highest BCUT2D eigenvalue weighted by Gasteiger charge is 2.18. The summed E-state index contributed by atoms with van der Waals surface area (Å²) in [4.78, 5) is 15.8. The zero-order valence-electron chi connectivity index (χ0n) is 17.8. The van der Waals surface area contributed by atoms with Crippen LogP contribution in [-0.4, -0.2) is 60.3 Å². The summed E-state index contributed by atoms with van der Waals surface area (Å²) < 4.78 is 7.35. The van der Waals surface area contributed by atoms with Crippen LogP contribution in [0.3, 0.4) is 0 Å². The SMILES string of the molecule is C/C=C\c1c(C)cccc1N1CCN(CCCCOc2cc(C=O)nn2C)CC1. The molecule has 6 heteroatoms. The van der Waals surface area contributed by atoms with E-state index in [1.807, 2.05) is 0 Å². The number of ether oxygens (including phenoxy) is 1. The normalized spacial score (nSPS) is 15.2. The van der Waals surface area contributed by atoms with E-state index in [-0.39, 0.29) is 0 Å². The van der Waals surface area contributed by atoms with Gasteiger partial charge in [0, 0.05) is 50.5 Å². The molecule has 29 heavy (non-hydrogen) atoms. The molecule has 2 aromatic rings. The molecule has 1 saturated heterocycles. The fraction of sp³-hybridized carbons (Fsp3) is 0.478. The van der Waals surface area contributed by atoms with E-state index in [0.717, 1.165) is 51.9 Å². The molecule has 1 fully saturated rings. The molecule has 0 amide bonds. The maximum Gasteiger partial charge on any atom is 0.212 e. The van der Waals surface area contributed by atoms with Gasteiger partial charge in [-0.25, -0.2) is 4.68 Å². The van der Waals surface area contributed by atoms with E-state index in [1.165, 1.54) is 16.8 Å². The van der Waals surface area contributed by atoms with Crippen molar-refractivity contribution in [2.45, 2.75) is 26.7 Å². The van der Waals surface area contributed by atoms with E-state index < -0.39 is 0 Å². The number of anilines is 1. The minimum absolute atomic E-state index is 0.409. The lowest BCUT2D eigenvalue weighted by atomic mass is 10.0. The standard InChI is InChI=1S/C23H32N4O2/c1-4-8-21-19(2)9-7-10-22(21)27-14-12-26(13-15-27)11-5-6-16-29-23-17-20(18-28)24-25(23)3/h4,7-10,17-18H,5-6,11-16H2,1-3H3/b8-4-. The van der Waals surface area contributed by atoms with Crippen molar-refractivity contribution in [3.63, 3.8) is 0 Å². The lowest BCUT2D eigenvalue weighted by Gasteiger charge is -2.37. The topological polar surface area (TPSA) is 50.6 Å². The molecule has 156 valence electrons. The Labute approximate surface area is 173 Å². The molecule has 0 N–H and O–H groups in total. The summed E-state index contributed by atoms with van der Waals surface area (Å²) in [5, 5.41) is 4.06. The van der Waals surface area contributed by atoms with Crippen molar-refractivity contribution in [1.29, 1.82) is 0 Å². The summed E-state index contributed by atoms with van der Waals surface area (Å²) in [6.45, 7) is 10.3. The van der Waals surface area contributed by atoms with Crippen molar-refractivity contribution in [1.82, 2.24) is 14.7 Å². The molecule has 1 aromatic heterocycles. The fourth-order valence-corrected chi connectivity index (χ4v) is 3.81. The summed E-state index contributed by atoms with van der Waals surface area (Å²) >= 11 is 0. The molecule has 1 aliphatic rings. The van der Waals surface area contributed by atoms with Gasteiger partial charge in [0.15, 0.2) is 6.29 Å². The van der Waals surface area contributed by atoms with Crippen LogP contribution in [0.25, 0.3) is 6.08 Å². The number of allylic oxidation sites excluding steroid dienone is 1. The molecule has 0 unspecified atom stereocenters. The third-order valence-electron chi connectivity index (χ3n) is 5.44. The highest BCUT2D eigenvalue weighted by molar-refractivity contribution is 5.72. The van der Waals surface area contributed by atoms with Crippen molar-refractivity contribution >= 4 is 18.0 Å². The second-order valence-electron chi connectivity index (χ2n) is 7.54. The zero-order valence-corrected chi connectivity index (χ0v) is 17.8. The first-order chi connectivity index (χ1) is 14.1. The van der Waals surface area contributed by atoms with Crippen LogP contribution in [0.15, 0.2) is 30.3 Å². The second kappa shape index (κ2) is 10.3. The van der Waals surface area contributed by atoms with E-state index in [1.54, 1.807) is 17.8 Å². The van der Waals surface area contributed by atoms with Gasteiger partial charge < -0.3 is 9.64 Å². The number of nitrogens with zero attached hydrogens (tertiary/aromatic N) is 4. The molecule has 2 heterocycles. The smallest absolute Gasteiger partial charge is 0.212 e. The minimum Gasteiger partial charge on any atom is -0.478 e. The monoisotopic (exact) mass is 396 g/mol. The lowest BCUT2D eigenvalue weighted by Crippen LogP contribution is -2.46. The number of carbonyl (C=O) groups is 1. The Morgan fingerprint density at radius 1 is 1.17 bits per heavy atom. The Morgan fingerprint density at radius 3 is 2.66 bits per heavy atom. The van der Waals surface area contributed by atoms with Gasteiger partial charge in [0.2, 0.25) is 5.88 Å². The molecular formula is C23H32N4O2. The van der Waals surface area contributed by atoms with Gasteiger partial charge in [-0.1, -0.05) is 24.3 Å². The number of hydrogen-bond donors (Lipinski definition) is 0. The Kier molecular flexibility index (Phi) is 7.47. The van der Waals surface area contributed by atoms with Crippen LogP contribution in [0.2, 0.25) is 0 Å². The molecule has 1 aromatic carbocycles. The van der Waals surface area contributed by atoms with Crippen molar-refractivity contribution in [2.24, 2.45) is 7.05 Å². The van der Waals surface area contributed by atoms with Gasteiger partial charge in [-0.2, -0.15) is 5.10 Å². The minimum atomic E-state index is 0.409. The number of hydrogen-bond acceptors (Lipinski definition) is 5. The van der Waals surface area contributed by atoms with Crippen LogP contribution < -0.4 is 9.64 Å². The molecule has 1 aliphatic heterocycles. The Hall–Kier alpha value is -2.60. The average Bonchev–Trinajstić information content (AvgIpc) is 3.10. The van der Waals surface area contributed by atoms with Crippen LogP contribution in [0.4, 0.5) is 5.69 Å². The summed E-state index contributed by atoms with van der Waals surface area (Å²) in [6.07, 6.45) is 7.18. The van der Waals surface area contributed by atoms with Crippen molar-refractivity contribution in [3.8, 4) is 5.88 Å². The highest BCUT2D eigenvalue weighted by atomic mass is 16.5. The van der Waals surface area contributed by atoms with Gasteiger partial charge in [0.1, 0.15) is 5.69 Å². The summed E-state index contributed by atoms with van der Waals surface area (Å²) in [7, 11) is 1.79. The van der Waals surface area contributed by atoms with Gasteiger partial charge in [-0.05, 0) is 44.9 Å². The number of aromatic nitrogens is 2. The Balaban J connectivity index is 1.40.